The van der Waals surface area contributed by atoms with Crippen LogP contribution in [0.4, 0.5) is 0 Å². The summed E-state index contributed by atoms with van der Waals surface area (Å²) in [5, 5.41) is 0. The maximum absolute atomic E-state index is 13.9. The molecule has 0 bridgehead atoms. The minimum absolute atomic E-state index is 0.00955. The van der Waals surface area contributed by atoms with E-state index in [1.54, 1.807) is 4.90 Å². The van der Waals surface area contributed by atoms with Crippen molar-refractivity contribution >= 4 is 11.8 Å². The summed E-state index contributed by atoms with van der Waals surface area (Å²) in [5.41, 5.74) is 2.07. The zero-order chi connectivity index (χ0) is 25.8. The van der Waals surface area contributed by atoms with Crippen molar-refractivity contribution in [1.29, 1.82) is 0 Å². The van der Waals surface area contributed by atoms with E-state index in [9.17, 15) is 9.59 Å². The first kappa shape index (κ1) is 25.1. The predicted molar refractivity (Wildman–Crippen MR) is 144 cm³/mol. The van der Waals surface area contributed by atoms with E-state index in [4.69, 9.17) is 4.74 Å². The van der Waals surface area contributed by atoms with Gasteiger partial charge in [-0.25, -0.2) is 0 Å². The van der Waals surface area contributed by atoms with Crippen LogP contribution in [0.3, 0.4) is 0 Å². The number of nitrogens with zero attached hydrogens (tertiary/aromatic N) is 3. The fraction of sp³-hybridized carbons (Fsp3) is 0.419. The SMILES string of the molecule is CC(C)N(CC(=O)N1CCn2cccc2C1c1cccc(Oc2ccccc2)c1)C(=O)C1CCCCC1. The molecular formula is C31H37N3O3. The van der Waals surface area contributed by atoms with Gasteiger partial charge in [-0.2, -0.15) is 0 Å². The number of ether oxygens (including phenoxy) is 1. The lowest BCUT2D eigenvalue weighted by Gasteiger charge is -2.39. The summed E-state index contributed by atoms with van der Waals surface area (Å²) in [4.78, 5) is 31.1. The van der Waals surface area contributed by atoms with Gasteiger partial charge < -0.3 is 19.1 Å². The summed E-state index contributed by atoms with van der Waals surface area (Å²) in [6, 6.07) is 21.6. The van der Waals surface area contributed by atoms with Crippen molar-refractivity contribution in [3.05, 3.63) is 84.2 Å². The third-order valence-corrected chi connectivity index (χ3v) is 7.68. The lowest BCUT2D eigenvalue weighted by atomic mass is 9.88. The van der Waals surface area contributed by atoms with Crippen LogP contribution in [-0.2, 0) is 16.1 Å². The molecule has 0 radical (unpaired) electrons. The maximum atomic E-state index is 13.9. The molecule has 1 aromatic heterocycles. The molecule has 1 saturated carbocycles. The Morgan fingerprint density at radius 1 is 0.919 bits per heavy atom. The van der Waals surface area contributed by atoms with Crippen LogP contribution >= 0.6 is 0 Å². The van der Waals surface area contributed by atoms with E-state index in [-0.39, 0.29) is 36.4 Å². The van der Waals surface area contributed by atoms with Crippen LogP contribution in [0.5, 0.6) is 11.5 Å². The molecule has 1 aliphatic heterocycles. The van der Waals surface area contributed by atoms with Crippen LogP contribution in [0.15, 0.2) is 72.9 Å². The number of rotatable bonds is 7. The Balaban J connectivity index is 1.40. The number of carbonyl (C=O) groups is 2. The number of aromatic nitrogens is 1. The molecule has 2 amide bonds. The zero-order valence-electron chi connectivity index (χ0n) is 21.9. The Bertz CT molecular complexity index is 1210. The zero-order valence-corrected chi connectivity index (χ0v) is 21.9. The normalized spacial score (nSPS) is 17.9. The van der Waals surface area contributed by atoms with Crippen LogP contribution in [0, 0.1) is 5.92 Å². The number of amides is 2. The molecule has 1 aliphatic carbocycles. The van der Waals surface area contributed by atoms with Gasteiger partial charge in [0.05, 0.1) is 6.04 Å². The van der Waals surface area contributed by atoms with Gasteiger partial charge in [0.2, 0.25) is 11.8 Å². The van der Waals surface area contributed by atoms with Crippen molar-refractivity contribution in [2.45, 2.75) is 64.6 Å². The van der Waals surface area contributed by atoms with E-state index in [2.05, 4.69) is 22.9 Å². The van der Waals surface area contributed by atoms with Crippen molar-refractivity contribution in [2.75, 3.05) is 13.1 Å². The Morgan fingerprint density at radius 3 is 2.43 bits per heavy atom. The van der Waals surface area contributed by atoms with E-state index < -0.39 is 0 Å². The highest BCUT2D eigenvalue weighted by Crippen LogP contribution is 2.35. The van der Waals surface area contributed by atoms with E-state index in [1.165, 1.54) is 6.42 Å². The Hall–Kier alpha value is -3.54. The largest absolute Gasteiger partial charge is 0.457 e. The second kappa shape index (κ2) is 11.2. The monoisotopic (exact) mass is 499 g/mol. The summed E-state index contributed by atoms with van der Waals surface area (Å²) < 4.78 is 8.32. The lowest BCUT2D eigenvalue weighted by molar-refractivity contribution is -0.146. The number of hydrogen-bond acceptors (Lipinski definition) is 3. The molecule has 6 heteroatoms. The molecule has 6 nitrogen and oxygen atoms in total. The minimum Gasteiger partial charge on any atom is -0.457 e. The number of benzene rings is 2. The average Bonchev–Trinajstić information content (AvgIpc) is 3.41. The Morgan fingerprint density at radius 2 is 1.68 bits per heavy atom. The van der Waals surface area contributed by atoms with Gasteiger partial charge in [0.25, 0.3) is 0 Å². The highest BCUT2D eigenvalue weighted by molar-refractivity contribution is 5.86. The van der Waals surface area contributed by atoms with Crippen molar-refractivity contribution in [3.8, 4) is 11.5 Å². The first-order chi connectivity index (χ1) is 18.0. The van der Waals surface area contributed by atoms with E-state index in [0.717, 1.165) is 55.0 Å². The number of hydrogen-bond donors (Lipinski definition) is 0. The lowest BCUT2D eigenvalue weighted by Crippen LogP contribution is -2.50. The molecule has 0 saturated heterocycles. The van der Waals surface area contributed by atoms with Gasteiger partial charge in [-0.3, -0.25) is 9.59 Å². The van der Waals surface area contributed by atoms with E-state index >= 15 is 0 Å². The summed E-state index contributed by atoms with van der Waals surface area (Å²) in [6.07, 6.45) is 7.34. The molecule has 2 aromatic carbocycles. The standard InChI is InChI=1S/C31H37N3O3/c1-23(2)34(31(36)24-11-5-3-6-12-24)22-29(35)33-20-19-32-18-10-17-28(32)30(33)25-13-9-16-27(21-25)37-26-14-7-4-8-15-26/h4,7-10,13-18,21,23-24,30H,3,5-6,11-12,19-20,22H2,1-2H3. The van der Waals surface area contributed by atoms with Crippen LogP contribution in [0.2, 0.25) is 0 Å². The average molecular weight is 500 g/mol. The van der Waals surface area contributed by atoms with E-state index in [0.29, 0.717) is 6.54 Å². The number of carbonyl (C=O) groups excluding carboxylic acids is 2. The third kappa shape index (κ3) is 5.58. The predicted octanol–water partition coefficient (Wildman–Crippen LogP) is 6.03. The third-order valence-electron chi connectivity index (χ3n) is 7.68. The van der Waals surface area contributed by atoms with Crippen molar-refractivity contribution in [2.24, 2.45) is 5.92 Å². The summed E-state index contributed by atoms with van der Waals surface area (Å²) >= 11 is 0. The fourth-order valence-corrected chi connectivity index (χ4v) is 5.71. The highest BCUT2D eigenvalue weighted by Gasteiger charge is 2.35. The quantitative estimate of drug-likeness (QED) is 0.399. The van der Waals surface area contributed by atoms with Crippen molar-refractivity contribution < 1.29 is 14.3 Å². The van der Waals surface area contributed by atoms with Crippen molar-refractivity contribution in [1.82, 2.24) is 14.4 Å². The van der Waals surface area contributed by atoms with Crippen LogP contribution in [0.25, 0.3) is 0 Å². The van der Waals surface area contributed by atoms with E-state index in [1.807, 2.05) is 73.3 Å². The summed E-state index contributed by atoms with van der Waals surface area (Å²) in [7, 11) is 0. The van der Waals surface area contributed by atoms with Gasteiger partial charge in [-0.15, -0.1) is 0 Å². The van der Waals surface area contributed by atoms with Crippen LogP contribution in [-0.4, -0.2) is 45.3 Å². The van der Waals surface area contributed by atoms with Gasteiger partial charge in [0, 0.05) is 36.9 Å². The fourth-order valence-electron chi connectivity index (χ4n) is 5.71. The molecule has 37 heavy (non-hydrogen) atoms. The molecule has 3 aromatic rings. The van der Waals surface area contributed by atoms with Gasteiger partial charge in [-0.1, -0.05) is 49.6 Å². The van der Waals surface area contributed by atoms with Gasteiger partial charge >= 0.3 is 0 Å². The molecule has 1 unspecified atom stereocenters. The molecule has 0 N–H and O–H groups in total. The van der Waals surface area contributed by atoms with Gasteiger partial charge in [-0.05, 0) is 68.7 Å². The minimum atomic E-state index is -0.241. The smallest absolute Gasteiger partial charge is 0.243 e. The molecule has 5 rings (SSSR count). The second-order valence-electron chi connectivity index (χ2n) is 10.5. The van der Waals surface area contributed by atoms with Crippen LogP contribution in [0.1, 0.15) is 63.3 Å². The highest BCUT2D eigenvalue weighted by atomic mass is 16.5. The molecule has 1 atom stereocenters. The molecule has 2 aliphatic rings. The summed E-state index contributed by atoms with van der Waals surface area (Å²) in [6.45, 7) is 5.47. The molecule has 2 heterocycles. The Labute approximate surface area is 219 Å². The first-order valence-corrected chi connectivity index (χ1v) is 13.6. The van der Waals surface area contributed by atoms with Crippen LogP contribution < -0.4 is 4.74 Å². The molecule has 1 fully saturated rings. The van der Waals surface area contributed by atoms with Gasteiger partial charge in [0.15, 0.2) is 0 Å². The topological polar surface area (TPSA) is 54.8 Å². The maximum Gasteiger partial charge on any atom is 0.243 e. The first-order valence-electron chi connectivity index (χ1n) is 13.6. The summed E-state index contributed by atoms with van der Waals surface area (Å²) in [5.74, 6) is 1.68. The molecular weight excluding hydrogens is 462 g/mol. The van der Waals surface area contributed by atoms with Gasteiger partial charge in [0.1, 0.15) is 18.0 Å². The second-order valence-corrected chi connectivity index (χ2v) is 10.5. The van der Waals surface area contributed by atoms with Crippen molar-refractivity contribution in [3.63, 3.8) is 0 Å². The molecule has 194 valence electrons. The Kier molecular flexibility index (Phi) is 7.63. The number of fused-ring (bicyclic) bond motifs is 1. The number of para-hydroxylation sites is 1. The molecule has 0 spiro atoms.